The molecule has 0 spiro atoms. The Hall–Kier alpha value is -1.26. The van der Waals surface area contributed by atoms with E-state index in [9.17, 15) is 0 Å². The third-order valence-corrected chi connectivity index (χ3v) is 4.00. The van der Waals surface area contributed by atoms with Gasteiger partial charge in [-0.25, -0.2) is 4.98 Å². The highest BCUT2D eigenvalue weighted by Gasteiger charge is 2.15. The molecule has 2 heterocycles. The lowest BCUT2D eigenvalue weighted by Gasteiger charge is -2.19. The van der Waals surface area contributed by atoms with Gasteiger partial charge in [-0.15, -0.1) is 11.3 Å². The molecule has 3 nitrogen and oxygen atoms in total. The lowest BCUT2D eigenvalue weighted by Crippen LogP contribution is -2.25. The van der Waals surface area contributed by atoms with E-state index in [1.807, 2.05) is 12.4 Å². The molecule has 0 fully saturated rings. The molecule has 1 unspecified atom stereocenters. The van der Waals surface area contributed by atoms with Crippen molar-refractivity contribution in [2.45, 2.75) is 39.7 Å². The smallest absolute Gasteiger partial charge is 0.0897 e. The maximum absolute atomic E-state index is 4.57. The highest BCUT2D eigenvalue weighted by Crippen LogP contribution is 2.21. The summed E-state index contributed by atoms with van der Waals surface area (Å²) in [4.78, 5) is 8.84. The predicted octanol–water partition coefficient (Wildman–Crippen LogP) is 3.44. The minimum Gasteiger partial charge on any atom is -0.310 e. The van der Waals surface area contributed by atoms with Crippen molar-refractivity contribution in [1.29, 1.82) is 0 Å². The molecular weight excluding hydrogens is 254 g/mol. The van der Waals surface area contributed by atoms with Crippen LogP contribution in [0.5, 0.6) is 0 Å². The second-order valence-corrected chi connectivity index (χ2v) is 5.86. The Kier molecular flexibility index (Phi) is 5.05. The first-order valence-electron chi connectivity index (χ1n) is 6.75. The fraction of sp³-hybridized carbons (Fsp3) is 0.467. The highest BCUT2D eigenvalue weighted by atomic mass is 32.1. The summed E-state index contributed by atoms with van der Waals surface area (Å²) in [5, 5.41) is 6.89. The van der Waals surface area contributed by atoms with Crippen molar-refractivity contribution < 1.29 is 0 Å². The average molecular weight is 275 g/mol. The second-order valence-electron chi connectivity index (χ2n) is 4.80. The van der Waals surface area contributed by atoms with Gasteiger partial charge in [-0.2, -0.15) is 0 Å². The summed E-state index contributed by atoms with van der Waals surface area (Å²) in [6, 6.07) is 2.37. The van der Waals surface area contributed by atoms with E-state index >= 15 is 0 Å². The molecule has 0 bridgehead atoms. The number of aryl methyl sites for hydroxylation is 2. The van der Waals surface area contributed by atoms with Crippen LogP contribution in [0.3, 0.4) is 0 Å². The molecule has 0 aliphatic heterocycles. The zero-order valence-electron chi connectivity index (χ0n) is 11.8. The molecule has 0 aromatic carbocycles. The average Bonchev–Trinajstić information content (AvgIpc) is 2.81. The molecule has 0 aliphatic rings. The Balaban J connectivity index is 2.18. The van der Waals surface area contributed by atoms with E-state index in [1.54, 1.807) is 11.3 Å². The zero-order valence-corrected chi connectivity index (χ0v) is 12.6. The van der Waals surface area contributed by atoms with Gasteiger partial charge in [0.1, 0.15) is 0 Å². The van der Waals surface area contributed by atoms with Gasteiger partial charge in [0.15, 0.2) is 0 Å². The normalized spacial score (nSPS) is 12.6. The molecule has 1 atom stereocenters. The number of hydrogen-bond donors (Lipinski definition) is 1. The highest BCUT2D eigenvalue weighted by molar-refractivity contribution is 7.09. The van der Waals surface area contributed by atoms with Gasteiger partial charge in [0, 0.05) is 30.2 Å². The van der Waals surface area contributed by atoms with E-state index in [1.165, 1.54) is 16.8 Å². The van der Waals surface area contributed by atoms with Crippen LogP contribution >= 0.6 is 11.3 Å². The van der Waals surface area contributed by atoms with Gasteiger partial charge < -0.3 is 5.32 Å². The number of hydrogen-bond acceptors (Lipinski definition) is 4. The summed E-state index contributed by atoms with van der Waals surface area (Å²) in [5.41, 5.74) is 3.73. The molecule has 1 N–H and O–H groups in total. The minimum absolute atomic E-state index is 0.301. The zero-order chi connectivity index (χ0) is 13.7. The number of nitrogens with zero attached hydrogens (tertiary/aromatic N) is 2. The van der Waals surface area contributed by atoms with Gasteiger partial charge in [0.05, 0.1) is 10.7 Å². The van der Waals surface area contributed by atoms with Crippen molar-refractivity contribution in [2.75, 3.05) is 6.54 Å². The molecule has 0 saturated carbocycles. The van der Waals surface area contributed by atoms with Crippen molar-refractivity contribution in [1.82, 2.24) is 15.3 Å². The Labute approximate surface area is 119 Å². The molecule has 4 heteroatoms. The molecule has 0 saturated heterocycles. The van der Waals surface area contributed by atoms with Gasteiger partial charge in [0.25, 0.3) is 0 Å². The van der Waals surface area contributed by atoms with E-state index < -0.39 is 0 Å². The minimum atomic E-state index is 0.301. The number of pyridine rings is 1. The predicted molar refractivity (Wildman–Crippen MR) is 80.6 cm³/mol. The van der Waals surface area contributed by atoms with Crippen LogP contribution in [0.2, 0.25) is 0 Å². The number of rotatable bonds is 6. The second kappa shape index (κ2) is 6.78. The van der Waals surface area contributed by atoms with E-state index in [-0.39, 0.29) is 0 Å². The molecule has 102 valence electrons. The Morgan fingerprint density at radius 2 is 2.21 bits per heavy atom. The third-order valence-electron chi connectivity index (χ3n) is 3.18. The van der Waals surface area contributed by atoms with Crippen LogP contribution in [0.15, 0.2) is 23.8 Å². The van der Waals surface area contributed by atoms with Crippen molar-refractivity contribution >= 4 is 11.3 Å². The van der Waals surface area contributed by atoms with Crippen LogP contribution in [0.25, 0.3) is 0 Å². The van der Waals surface area contributed by atoms with Crippen molar-refractivity contribution in [3.63, 3.8) is 0 Å². The van der Waals surface area contributed by atoms with Crippen LogP contribution in [0.1, 0.15) is 41.2 Å². The summed E-state index contributed by atoms with van der Waals surface area (Å²) in [5.74, 6) is 0. The Morgan fingerprint density at radius 1 is 1.37 bits per heavy atom. The van der Waals surface area contributed by atoms with E-state index in [0.29, 0.717) is 6.04 Å². The summed E-state index contributed by atoms with van der Waals surface area (Å²) in [6.45, 7) is 7.40. The summed E-state index contributed by atoms with van der Waals surface area (Å²) >= 11 is 1.72. The third kappa shape index (κ3) is 3.85. The lowest BCUT2D eigenvalue weighted by atomic mass is 10.00. The van der Waals surface area contributed by atoms with Crippen LogP contribution in [-0.2, 0) is 6.42 Å². The molecule has 19 heavy (non-hydrogen) atoms. The quantitative estimate of drug-likeness (QED) is 0.877. The molecular formula is C15H21N3S. The van der Waals surface area contributed by atoms with Gasteiger partial charge in [-0.05, 0) is 44.0 Å². The number of thiazole rings is 1. The van der Waals surface area contributed by atoms with Gasteiger partial charge in [0.2, 0.25) is 0 Å². The maximum Gasteiger partial charge on any atom is 0.0897 e. The Morgan fingerprint density at radius 3 is 2.84 bits per heavy atom. The van der Waals surface area contributed by atoms with Crippen molar-refractivity contribution in [2.24, 2.45) is 0 Å². The monoisotopic (exact) mass is 275 g/mol. The van der Waals surface area contributed by atoms with Crippen LogP contribution in [-0.4, -0.2) is 16.5 Å². The summed E-state index contributed by atoms with van der Waals surface area (Å²) in [7, 11) is 0. The topological polar surface area (TPSA) is 37.8 Å². The summed E-state index contributed by atoms with van der Waals surface area (Å²) in [6.07, 6.45) is 5.88. The van der Waals surface area contributed by atoms with Gasteiger partial charge in [-0.3, -0.25) is 4.98 Å². The van der Waals surface area contributed by atoms with E-state index in [0.717, 1.165) is 24.4 Å². The van der Waals surface area contributed by atoms with Gasteiger partial charge >= 0.3 is 0 Å². The molecule has 2 aromatic heterocycles. The first-order valence-corrected chi connectivity index (χ1v) is 7.63. The van der Waals surface area contributed by atoms with Crippen LogP contribution < -0.4 is 5.32 Å². The summed E-state index contributed by atoms with van der Waals surface area (Å²) < 4.78 is 0. The number of aromatic nitrogens is 2. The fourth-order valence-electron chi connectivity index (χ4n) is 2.16. The van der Waals surface area contributed by atoms with E-state index in [2.05, 4.69) is 47.5 Å². The molecule has 0 radical (unpaired) electrons. The lowest BCUT2D eigenvalue weighted by molar-refractivity contribution is 0.521. The van der Waals surface area contributed by atoms with Gasteiger partial charge in [-0.1, -0.05) is 6.92 Å². The molecule has 2 rings (SSSR count). The largest absolute Gasteiger partial charge is 0.310 e. The molecule has 0 amide bonds. The molecule has 2 aromatic rings. The standard InChI is InChI=1S/C15H21N3S/c1-4-6-17-15(8-13-10-19-12(3)18-13)14-9-16-7-5-11(14)2/h5,7,9-10,15,17H,4,6,8H2,1-3H3. The maximum atomic E-state index is 4.57. The number of nitrogens with one attached hydrogen (secondary N) is 1. The van der Waals surface area contributed by atoms with Crippen LogP contribution in [0, 0.1) is 13.8 Å². The fourth-order valence-corrected chi connectivity index (χ4v) is 2.79. The molecule has 0 aliphatic carbocycles. The first-order chi connectivity index (χ1) is 9.20. The SMILES string of the molecule is CCCNC(Cc1csc(C)n1)c1cnccc1C. The Bertz CT molecular complexity index is 522. The van der Waals surface area contributed by atoms with Crippen molar-refractivity contribution in [3.8, 4) is 0 Å². The van der Waals surface area contributed by atoms with Crippen molar-refractivity contribution in [3.05, 3.63) is 45.7 Å². The van der Waals surface area contributed by atoms with E-state index in [4.69, 9.17) is 0 Å². The van der Waals surface area contributed by atoms with Crippen LogP contribution in [0.4, 0.5) is 0 Å². The first kappa shape index (κ1) is 14.2.